The lowest BCUT2D eigenvalue weighted by Gasteiger charge is -2.24. The quantitative estimate of drug-likeness (QED) is 0.707. The molecule has 0 saturated carbocycles. The largest absolute Gasteiger partial charge is 0.297 e. The van der Waals surface area contributed by atoms with E-state index < -0.39 is 7.29 Å². The van der Waals surface area contributed by atoms with Crippen molar-refractivity contribution in [1.29, 1.82) is 0 Å². The first kappa shape index (κ1) is 15.2. The van der Waals surface area contributed by atoms with Crippen LogP contribution in [0.1, 0.15) is 17.8 Å². The molecule has 2 aromatic carbocycles. The number of hydrogen-bond donors (Lipinski definition) is 1. The van der Waals surface area contributed by atoms with Crippen molar-refractivity contribution in [2.45, 2.75) is 13.0 Å². The highest BCUT2D eigenvalue weighted by Gasteiger charge is 2.29. The maximum Gasteiger partial charge on any atom is 0.205 e. The van der Waals surface area contributed by atoms with Gasteiger partial charge in [-0.15, -0.1) is 11.3 Å². The van der Waals surface area contributed by atoms with Crippen molar-refractivity contribution in [3.05, 3.63) is 83.1 Å². The first-order valence-corrected chi connectivity index (χ1v) is 9.81. The number of thiophene rings is 1. The van der Waals surface area contributed by atoms with Gasteiger partial charge < -0.3 is 0 Å². The summed E-state index contributed by atoms with van der Waals surface area (Å²) in [5.41, 5.74) is 0. The molecule has 0 aliphatic carbocycles. The average molecular weight is 327 g/mol. The van der Waals surface area contributed by atoms with Gasteiger partial charge in [0, 0.05) is 21.5 Å². The normalized spacial score (nSPS) is 13.0. The zero-order valence-corrected chi connectivity index (χ0v) is 14.1. The molecule has 4 heteroatoms. The fourth-order valence-corrected chi connectivity index (χ4v) is 5.73. The van der Waals surface area contributed by atoms with Crippen LogP contribution in [0, 0.1) is 0 Å². The van der Waals surface area contributed by atoms with E-state index in [0.717, 1.165) is 10.6 Å². The first-order valence-electron chi connectivity index (χ1n) is 7.22. The molecule has 0 fully saturated rings. The second-order valence-electron chi connectivity index (χ2n) is 5.15. The fourth-order valence-electron chi connectivity index (χ4n) is 2.45. The van der Waals surface area contributed by atoms with Gasteiger partial charge in [-0.05, 0) is 42.6 Å². The van der Waals surface area contributed by atoms with Crippen LogP contribution >= 0.6 is 18.6 Å². The molecular formula is C18H18NOPS. The molecule has 0 bridgehead atoms. The van der Waals surface area contributed by atoms with Crippen LogP contribution in [0.4, 0.5) is 0 Å². The molecule has 1 aromatic heterocycles. The summed E-state index contributed by atoms with van der Waals surface area (Å²) in [4.78, 5) is 1.19. The first-order chi connectivity index (χ1) is 10.7. The van der Waals surface area contributed by atoms with Gasteiger partial charge in [0.15, 0.2) is 0 Å². The minimum absolute atomic E-state index is 0.0336. The fraction of sp³-hybridized carbons (Fsp3) is 0.111. The highest BCUT2D eigenvalue weighted by atomic mass is 32.1. The summed E-state index contributed by atoms with van der Waals surface area (Å²) < 4.78 is 13.8. The van der Waals surface area contributed by atoms with Crippen LogP contribution in [-0.2, 0) is 4.57 Å². The van der Waals surface area contributed by atoms with Crippen molar-refractivity contribution < 1.29 is 4.57 Å². The predicted molar refractivity (Wildman–Crippen MR) is 95.6 cm³/mol. The van der Waals surface area contributed by atoms with Crippen molar-refractivity contribution >= 4 is 29.2 Å². The third-order valence-corrected chi connectivity index (χ3v) is 7.44. The van der Waals surface area contributed by atoms with E-state index >= 15 is 0 Å². The summed E-state index contributed by atoms with van der Waals surface area (Å²) in [6.45, 7) is 2.06. The van der Waals surface area contributed by atoms with Crippen molar-refractivity contribution in [1.82, 2.24) is 5.09 Å². The summed E-state index contributed by atoms with van der Waals surface area (Å²) in [6, 6.07) is 23.5. The van der Waals surface area contributed by atoms with E-state index in [0.29, 0.717) is 0 Å². The molecule has 22 heavy (non-hydrogen) atoms. The molecule has 0 saturated heterocycles. The lowest BCUT2D eigenvalue weighted by molar-refractivity contribution is 0.569. The van der Waals surface area contributed by atoms with Crippen LogP contribution in [0.25, 0.3) is 0 Å². The van der Waals surface area contributed by atoms with Gasteiger partial charge >= 0.3 is 0 Å². The van der Waals surface area contributed by atoms with E-state index in [9.17, 15) is 4.57 Å². The lowest BCUT2D eigenvalue weighted by atomic mass is 10.3. The Bertz CT molecular complexity index is 713. The molecule has 0 aliphatic rings. The molecule has 3 aromatic rings. The van der Waals surface area contributed by atoms with Crippen molar-refractivity contribution in [2.75, 3.05) is 0 Å². The van der Waals surface area contributed by atoms with E-state index in [1.165, 1.54) is 4.88 Å². The van der Waals surface area contributed by atoms with Crippen molar-refractivity contribution in [2.24, 2.45) is 0 Å². The minimum atomic E-state index is -2.86. The summed E-state index contributed by atoms with van der Waals surface area (Å²) in [7, 11) is -2.86. The van der Waals surface area contributed by atoms with E-state index in [1.54, 1.807) is 11.3 Å². The molecule has 1 N–H and O–H groups in total. The smallest absolute Gasteiger partial charge is 0.205 e. The van der Waals surface area contributed by atoms with Gasteiger partial charge in [0.2, 0.25) is 7.29 Å². The lowest BCUT2D eigenvalue weighted by Crippen LogP contribution is -2.29. The Kier molecular flexibility index (Phi) is 4.58. The average Bonchev–Trinajstić information content (AvgIpc) is 3.11. The van der Waals surface area contributed by atoms with Crippen LogP contribution in [0.15, 0.2) is 78.2 Å². The Hall–Kier alpha value is -1.67. The molecule has 1 atom stereocenters. The number of benzene rings is 2. The van der Waals surface area contributed by atoms with Crippen LogP contribution in [0.2, 0.25) is 0 Å². The van der Waals surface area contributed by atoms with E-state index in [4.69, 9.17) is 0 Å². The van der Waals surface area contributed by atoms with Gasteiger partial charge in [0.25, 0.3) is 0 Å². The molecule has 0 aliphatic heterocycles. The van der Waals surface area contributed by atoms with E-state index in [2.05, 4.69) is 18.1 Å². The molecule has 0 spiro atoms. The third-order valence-electron chi connectivity index (χ3n) is 3.59. The number of nitrogens with one attached hydrogen (secondary N) is 1. The molecule has 112 valence electrons. The van der Waals surface area contributed by atoms with Gasteiger partial charge in [-0.1, -0.05) is 42.5 Å². The second kappa shape index (κ2) is 6.62. The van der Waals surface area contributed by atoms with Crippen molar-refractivity contribution in [3.8, 4) is 0 Å². The zero-order valence-electron chi connectivity index (χ0n) is 12.3. The summed E-state index contributed by atoms with van der Waals surface area (Å²) >= 11 is 1.68. The molecule has 0 amide bonds. The van der Waals surface area contributed by atoms with Crippen molar-refractivity contribution in [3.63, 3.8) is 0 Å². The van der Waals surface area contributed by atoms with Gasteiger partial charge in [0.05, 0.1) is 0 Å². The second-order valence-corrected chi connectivity index (χ2v) is 8.64. The van der Waals surface area contributed by atoms with Gasteiger partial charge in [-0.2, -0.15) is 0 Å². The Morgan fingerprint density at radius 2 is 1.41 bits per heavy atom. The number of rotatable bonds is 5. The zero-order chi connectivity index (χ0) is 15.4. The van der Waals surface area contributed by atoms with Crippen LogP contribution in [0.5, 0.6) is 0 Å². The molecule has 1 heterocycles. The Morgan fingerprint density at radius 3 is 1.86 bits per heavy atom. The Labute approximate surface area is 135 Å². The monoisotopic (exact) mass is 327 g/mol. The molecular weight excluding hydrogens is 309 g/mol. The highest BCUT2D eigenvalue weighted by molar-refractivity contribution is 7.76. The summed E-state index contributed by atoms with van der Waals surface area (Å²) in [6.07, 6.45) is 0. The maximum absolute atomic E-state index is 13.8. The highest BCUT2D eigenvalue weighted by Crippen LogP contribution is 2.42. The third kappa shape index (κ3) is 3.07. The van der Waals surface area contributed by atoms with Crippen LogP contribution in [0.3, 0.4) is 0 Å². The summed E-state index contributed by atoms with van der Waals surface area (Å²) in [5, 5.41) is 7.11. The molecule has 0 unspecified atom stereocenters. The SMILES string of the molecule is C[C@H](NP(=O)(c1ccccc1)c1ccccc1)c1cccs1. The minimum Gasteiger partial charge on any atom is -0.297 e. The van der Waals surface area contributed by atoms with Crippen LogP contribution in [-0.4, -0.2) is 0 Å². The molecule has 3 rings (SSSR count). The van der Waals surface area contributed by atoms with E-state index in [1.807, 2.05) is 72.1 Å². The topological polar surface area (TPSA) is 29.1 Å². The van der Waals surface area contributed by atoms with Gasteiger partial charge in [-0.3, -0.25) is 9.65 Å². The summed E-state index contributed by atoms with van der Waals surface area (Å²) in [5.74, 6) is 0. The number of hydrogen-bond acceptors (Lipinski definition) is 2. The Morgan fingerprint density at radius 1 is 0.864 bits per heavy atom. The molecule has 2 nitrogen and oxygen atoms in total. The molecule has 0 radical (unpaired) electrons. The van der Waals surface area contributed by atoms with E-state index in [-0.39, 0.29) is 6.04 Å². The predicted octanol–water partition coefficient (Wildman–Crippen LogP) is 4.33. The van der Waals surface area contributed by atoms with Crippen LogP contribution < -0.4 is 15.7 Å². The van der Waals surface area contributed by atoms with Gasteiger partial charge in [-0.25, -0.2) is 0 Å². The Balaban J connectivity index is 2.02. The van der Waals surface area contributed by atoms with Gasteiger partial charge in [0.1, 0.15) is 0 Å². The maximum atomic E-state index is 13.8. The standard InChI is InChI=1S/C18H18NOPS/c1-15(18-13-8-14-22-18)19-21(20,16-9-4-2-5-10-16)17-11-6-3-7-12-17/h2-15H,1H3,(H,19,20)/t15-/m0/s1.